The molecular formula is C15H21NOS. The van der Waals surface area contributed by atoms with Crippen LogP contribution in [0.25, 0.3) is 0 Å². The van der Waals surface area contributed by atoms with Crippen LogP contribution >= 0.6 is 11.8 Å². The number of hydrogen-bond donors (Lipinski definition) is 1. The maximum absolute atomic E-state index is 6.45. The summed E-state index contributed by atoms with van der Waals surface area (Å²) < 4.78 is 5.65. The second kappa shape index (κ2) is 5.24. The summed E-state index contributed by atoms with van der Waals surface area (Å²) in [5.74, 6) is 0. The molecule has 3 heteroatoms. The van der Waals surface area contributed by atoms with Crippen LogP contribution in [0.5, 0.6) is 0 Å². The van der Waals surface area contributed by atoms with Crippen LogP contribution in [0.15, 0.2) is 24.3 Å². The summed E-state index contributed by atoms with van der Waals surface area (Å²) in [6, 6.07) is 8.82. The fraction of sp³-hybridized carbons (Fsp3) is 0.600. The number of nitrogens with two attached hydrogens (primary N) is 1. The number of ether oxygens (including phenoxy) is 1. The van der Waals surface area contributed by atoms with Gasteiger partial charge in [0.15, 0.2) is 0 Å². The maximum atomic E-state index is 6.45. The number of fused-ring (bicyclic) bond motifs is 1. The normalized spacial score (nSPS) is 35.4. The molecule has 0 radical (unpaired) electrons. The zero-order chi connectivity index (χ0) is 12.5. The van der Waals surface area contributed by atoms with Crippen molar-refractivity contribution in [1.29, 1.82) is 0 Å². The highest BCUT2D eigenvalue weighted by atomic mass is 32.2. The van der Waals surface area contributed by atoms with Gasteiger partial charge in [-0.2, -0.15) is 11.8 Å². The smallest absolute Gasteiger partial charge is 0.0666 e. The van der Waals surface area contributed by atoms with Crippen molar-refractivity contribution in [2.75, 3.05) is 6.61 Å². The maximum Gasteiger partial charge on any atom is 0.0666 e. The van der Waals surface area contributed by atoms with Crippen LogP contribution in [-0.4, -0.2) is 23.2 Å². The predicted molar refractivity (Wildman–Crippen MR) is 76.9 cm³/mol. The van der Waals surface area contributed by atoms with Crippen molar-refractivity contribution in [3.05, 3.63) is 35.4 Å². The highest BCUT2D eigenvalue weighted by molar-refractivity contribution is 8.00. The Balaban J connectivity index is 1.72. The summed E-state index contributed by atoms with van der Waals surface area (Å²) in [7, 11) is 0. The summed E-state index contributed by atoms with van der Waals surface area (Å²) in [5.41, 5.74) is 9.25. The third-order valence-corrected chi connectivity index (χ3v) is 6.02. The van der Waals surface area contributed by atoms with Gasteiger partial charge in [0.05, 0.1) is 6.10 Å². The number of aryl methyl sites for hydroxylation is 1. The first-order valence-corrected chi connectivity index (χ1v) is 7.80. The van der Waals surface area contributed by atoms with E-state index in [1.54, 1.807) is 0 Å². The Morgan fingerprint density at radius 3 is 2.83 bits per heavy atom. The molecule has 4 atom stereocenters. The average molecular weight is 263 g/mol. The second-order valence-electron chi connectivity index (χ2n) is 5.34. The van der Waals surface area contributed by atoms with Crippen molar-refractivity contribution < 1.29 is 4.74 Å². The fourth-order valence-electron chi connectivity index (χ4n) is 3.03. The molecule has 2 aliphatic rings. The van der Waals surface area contributed by atoms with Crippen molar-refractivity contribution in [3.63, 3.8) is 0 Å². The van der Waals surface area contributed by atoms with Gasteiger partial charge in [0.2, 0.25) is 0 Å². The highest BCUT2D eigenvalue weighted by Gasteiger charge is 2.33. The van der Waals surface area contributed by atoms with E-state index < -0.39 is 0 Å². The summed E-state index contributed by atoms with van der Waals surface area (Å²) in [5, 5.41) is 1.18. The number of hydrogen-bond acceptors (Lipinski definition) is 3. The van der Waals surface area contributed by atoms with Crippen molar-refractivity contribution in [1.82, 2.24) is 0 Å². The van der Waals surface area contributed by atoms with Crippen molar-refractivity contribution in [2.24, 2.45) is 5.73 Å². The highest BCUT2D eigenvalue weighted by Crippen LogP contribution is 2.40. The van der Waals surface area contributed by atoms with Gasteiger partial charge in [0, 0.05) is 23.1 Å². The van der Waals surface area contributed by atoms with E-state index in [1.807, 2.05) is 0 Å². The zero-order valence-corrected chi connectivity index (χ0v) is 11.7. The molecule has 4 unspecified atom stereocenters. The molecule has 18 heavy (non-hydrogen) atoms. The number of rotatable bonds is 2. The van der Waals surface area contributed by atoms with Crippen LogP contribution in [-0.2, 0) is 11.2 Å². The van der Waals surface area contributed by atoms with E-state index >= 15 is 0 Å². The minimum absolute atomic E-state index is 0.188. The molecule has 1 heterocycles. The Kier molecular flexibility index (Phi) is 3.64. The monoisotopic (exact) mass is 263 g/mol. The molecule has 0 spiro atoms. The Hall–Kier alpha value is -0.510. The molecule has 1 aromatic rings. The summed E-state index contributed by atoms with van der Waals surface area (Å²) in [4.78, 5) is 0. The fourth-order valence-corrected chi connectivity index (χ4v) is 4.58. The van der Waals surface area contributed by atoms with E-state index in [9.17, 15) is 0 Å². The van der Waals surface area contributed by atoms with Crippen LogP contribution in [0.4, 0.5) is 0 Å². The third-order valence-electron chi connectivity index (χ3n) is 4.17. The van der Waals surface area contributed by atoms with Gasteiger partial charge >= 0.3 is 0 Å². The van der Waals surface area contributed by atoms with E-state index in [2.05, 4.69) is 43.0 Å². The van der Waals surface area contributed by atoms with Crippen LogP contribution in [0, 0.1) is 0 Å². The lowest BCUT2D eigenvalue weighted by molar-refractivity contribution is 0.127. The van der Waals surface area contributed by atoms with Gasteiger partial charge in [-0.3, -0.25) is 0 Å². The molecule has 1 aromatic carbocycles. The molecule has 0 bridgehead atoms. The SMILES string of the molecule is CC1OCCC1SC1CCc2ccccc2C1N. The molecule has 1 aliphatic carbocycles. The largest absolute Gasteiger partial charge is 0.377 e. The Morgan fingerprint density at radius 1 is 1.22 bits per heavy atom. The first kappa shape index (κ1) is 12.5. The number of thioether (sulfide) groups is 1. The standard InChI is InChI=1S/C15H21NOS/c1-10-13(8-9-17-10)18-14-7-6-11-4-2-3-5-12(11)15(14)16/h2-5,10,13-15H,6-9,16H2,1H3. The topological polar surface area (TPSA) is 35.2 Å². The van der Waals surface area contributed by atoms with Gasteiger partial charge in [-0.25, -0.2) is 0 Å². The Bertz CT molecular complexity index is 423. The van der Waals surface area contributed by atoms with Gasteiger partial charge in [-0.1, -0.05) is 24.3 Å². The van der Waals surface area contributed by atoms with Crippen LogP contribution < -0.4 is 5.73 Å². The third kappa shape index (κ3) is 2.31. The van der Waals surface area contributed by atoms with Crippen LogP contribution in [0.3, 0.4) is 0 Å². The summed E-state index contributed by atoms with van der Waals surface area (Å²) in [6.07, 6.45) is 3.94. The first-order chi connectivity index (χ1) is 8.75. The molecule has 0 saturated carbocycles. The molecule has 0 aromatic heterocycles. The molecule has 98 valence electrons. The van der Waals surface area contributed by atoms with Gasteiger partial charge in [-0.15, -0.1) is 0 Å². The van der Waals surface area contributed by atoms with Crippen LogP contribution in [0.1, 0.15) is 36.9 Å². The van der Waals surface area contributed by atoms with Crippen LogP contribution in [0.2, 0.25) is 0 Å². The molecular weight excluding hydrogens is 242 g/mol. The van der Waals surface area contributed by atoms with E-state index in [0.717, 1.165) is 6.61 Å². The Labute approximate surface area is 113 Å². The molecule has 1 aliphatic heterocycles. The van der Waals surface area contributed by atoms with Crippen molar-refractivity contribution >= 4 is 11.8 Å². The lowest BCUT2D eigenvalue weighted by Gasteiger charge is -2.32. The first-order valence-electron chi connectivity index (χ1n) is 6.86. The molecule has 2 nitrogen and oxygen atoms in total. The van der Waals surface area contributed by atoms with E-state index in [0.29, 0.717) is 16.6 Å². The van der Waals surface area contributed by atoms with E-state index in [-0.39, 0.29) is 6.04 Å². The molecule has 0 amide bonds. The van der Waals surface area contributed by atoms with Gasteiger partial charge < -0.3 is 10.5 Å². The van der Waals surface area contributed by atoms with Gasteiger partial charge in [0.1, 0.15) is 0 Å². The Morgan fingerprint density at radius 2 is 2.06 bits per heavy atom. The van der Waals surface area contributed by atoms with E-state index in [1.165, 1.54) is 30.4 Å². The predicted octanol–water partition coefficient (Wildman–Crippen LogP) is 2.91. The molecule has 2 N–H and O–H groups in total. The van der Waals surface area contributed by atoms with Crippen molar-refractivity contribution in [3.8, 4) is 0 Å². The molecule has 1 fully saturated rings. The molecule has 3 rings (SSSR count). The molecule has 1 saturated heterocycles. The minimum Gasteiger partial charge on any atom is -0.377 e. The average Bonchev–Trinajstić information content (AvgIpc) is 2.79. The minimum atomic E-state index is 0.188. The lowest BCUT2D eigenvalue weighted by Crippen LogP contribution is -2.32. The van der Waals surface area contributed by atoms with E-state index in [4.69, 9.17) is 10.5 Å². The zero-order valence-electron chi connectivity index (χ0n) is 10.8. The van der Waals surface area contributed by atoms with Gasteiger partial charge in [0.25, 0.3) is 0 Å². The number of benzene rings is 1. The second-order valence-corrected chi connectivity index (χ2v) is 6.82. The quantitative estimate of drug-likeness (QED) is 0.891. The lowest BCUT2D eigenvalue weighted by atomic mass is 9.88. The van der Waals surface area contributed by atoms with Gasteiger partial charge in [-0.05, 0) is 37.3 Å². The van der Waals surface area contributed by atoms with Crippen molar-refractivity contribution in [2.45, 2.75) is 48.8 Å². The summed E-state index contributed by atoms with van der Waals surface area (Å²) in [6.45, 7) is 3.10. The summed E-state index contributed by atoms with van der Waals surface area (Å²) >= 11 is 2.06.